The summed E-state index contributed by atoms with van der Waals surface area (Å²) in [5.74, 6) is 0.764. The number of aryl methyl sites for hydroxylation is 2. The third-order valence-corrected chi connectivity index (χ3v) is 8.36. The standard InChI is InChI=1S/C24H28N4O4S/c1-15-13-18(16(2)25-20-6-4-5-17-7-12-33(30,31)22(17)20)21-19(14-15)23(29)27(3)24(26-21)28-8-10-32-11-9-28/h4-6,13-14,16,25H,7-12H2,1-3H3/t16-/m0/s1. The number of ether oxygens (including phenoxy) is 1. The van der Waals surface area contributed by atoms with Crippen LogP contribution in [0.1, 0.15) is 29.7 Å². The topological polar surface area (TPSA) is 93.5 Å². The van der Waals surface area contributed by atoms with E-state index < -0.39 is 9.84 Å². The number of morpholine rings is 1. The zero-order chi connectivity index (χ0) is 23.3. The van der Waals surface area contributed by atoms with Crippen LogP contribution in [-0.4, -0.2) is 50.0 Å². The second kappa shape index (κ2) is 8.14. The van der Waals surface area contributed by atoms with Gasteiger partial charge < -0.3 is 15.0 Å². The van der Waals surface area contributed by atoms with Gasteiger partial charge in [-0.05, 0) is 43.5 Å². The quantitative estimate of drug-likeness (QED) is 0.629. The molecule has 0 aliphatic carbocycles. The Labute approximate surface area is 193 Å². The summed E-state index contributed by atoms with van der Waals surface area (Å²) in [5.41, 5.74) is 3.81. The molecule has 3 heterocycles. The molecule has 0 radical (unpaired) electrons. The minimum absolute atomic E-state index is 0.0955. The molecule has 2 aliphatic heterocycles. The van der Waals surface area contributed by atoms with Crippen molar-refractivity contribution >= 4 is 32.4 Å². The van der Waals surface area contributed by atoms with Gasteiger partial charge in [0.2, 0.25) is 5.95 Å². The van der Waals surface area contributed by atoms with E-state index >= 15 is 0 Å². The number of nitrogens with zero attached hydrogens (tertiary/aromatic N) is 3. The summed E-state index contributed by atoms with van der Waals surface area (Å²) in [6, 6.07) is 9.20. The van der Waals surface area contributed by atoms with Gasteiger partial charge in [0.1, 0.15) is 0 Å². The predicted octanol–water partition coefficient (Wildman–Crippen LogP) is 2.58. The summed E-state index contributed by atoms with van der Waals surface area (Å²) >= 11 is 0. The van der Waals surface area contributed by atoms with Gasteiger partial charge in [-0.25, -0.2) is 13.4 Å². The number of benzene rings is 2. The highest BCUT2D eigenvalue weighted by Crippen LogP contribution is 2.35. The Bertz CT molecular complexity index is 1410. The van der Waals surface area contributed by atoms with Gasteiger partial charge in [-0.2, -0.15) is 0 Å². The number of sulfone groups is 1. The second-order valence-corrected chi connectivity index (χ2v) is 10.9. The van der Waals surface area contributed by atoms with Crippen molar-refractivity contribution in [1.82, 2.24) is 9.55 Å². The normalized spacial score (nSPS) is 18.3. The van der Waals surface area contributed by atoms with Crippen LogP contribution in [0.5, 0.6) is 0 Å². The molecule has 1 N–H and O–H groups in total. The van der Waals surface area contributed by atoms with Crippen LogP contribution in [-0.2, 0) is 28.0 Å². The van der Waals surface area contributed by atoms with Gasteiger partial charge in [-0.1, -0.05) is 18.2 Å². The first-order valence-corrected chi connectivity index (χ1v) is 12.9. The van der Waals surface area contributed by atoms with E-state index in [2.05, 4.69) is 10.2 Å². The zero-order valence-electron chi connectivity index (χ0n) is 19.1. The number of nitrogens with one attached hydrogen (secondary N) is 1. The molecule has 2 aliphatic rings. The molecule has 9 heteroatoms. The molecule has 0 amide bonds. The number of hydrogen-bond donors (Lipinski definition) is 1. The van der Waals surface area contributed by atoms with E-state index in [1.165, 1.54) is 0 Å². The van der Waals surface area contributed by atoms with Crippen molar-refractivity contribution in [3.8, 4) is 0 Å². The van der Waals surface area contributed by atoms with Gasteiger partial charge in [0.05, 0.1) is 46.5 Å². The summed E-state index contributed by atoms with van der Waals surface area (Å²) in [6.07, 6.45) is 0.537. The average molecular weight is 469 g/mol. The fraction of sp³-hybridized carbons (Fsp3) is 0.417. The fourth-order valence-electron chi connectivity index (χ4n) is 4.84. The molecule has 2 aromatic carbocycles. The lowest BCUT2D eigenvalue weighted by Gasteiger charge is -2.29. The van der Waals surface area contributed by atoms with Crippen molar-refractivity contribution < 1.29 is 13.2 Å². The van der Waals surface area contributed by atoms with Crippen molar-refractivity contribution in [3.63, 3.8) is 0 Å². The minimum atomic E-state index is -3.30. The van der Waals surface area contributed by atoms with Crippen molar-refractivity contribution in [2.75, 3.05) is 42.3 Å². The Balaban J connectivity index is 1.62. The van der Waals surface area contributed by atoms with Crippen LogP contribution in [0.25, 0.3) is 10.9 Å². The van der Waals surface area contributed by atoms with Gasteiger partial charge >= 0.3 is 0 Å². The second-order valence-electron chi connectivity index (χ2n) is 8.85. The average Bonchev–Trinajstić information content (AvgIpc) is 3.12. The third kappa shape index (κ3) is 3.79. The predicted molar refractivity (Wildman–Crippen MR) is 129 cm³/mol. The van der Waals surface area contributed by atoms with E-state index in [4.69, 9.17) is 9.72 Å². The van der Waals surface area contributed by atoms with Crippen LogP contribution in [0, 0.1) is 6.92 Å². The Kier molecular flexibility index (Phi) is 5.41. The number of fused-ring (bicyclic) bond motifs is 2. The first-order valence-electron chi connectivity index (χ1n) is 11.2. The number of rotatable bonds is 4. The SMILES string of the molecule is Cc1cc([C@H](C)Nc2cccc3c2S(=O)(=O)CC3)c2nc(N3CCOCC3)n(C)c(=O)c2c1. The first kappa shape index (κ1) is 21.9. The number of anilines is 2. The molecule has 8 nitrogen and oxygen atoms in total. The summed E-state index contributed by atoms with van der Waals surface area (Å²) in [5, 5.41) is 3.96. The molecular formula is C24H28N4O4S. The van der Waals surface area contributed by atoms with Gasteiger partial charge in [0, 0.05) is 25.7 Å². The van der Waals surface area contributed by atoms with Crippen LogP contribution in [0.4, 0.5) is 11.6 Å². The van der Waals surface area contributed by atoms with E-state index in [1.807, 2.05) is 44.2 Å². The zero-order valence-corrected chi connectivity index (χ0v) is 19.9. The number of hydrogen-bond acceptors (Lipinski definition) is 7. The molecule has 0 unspecified atom stereocenters. The molecular weight excluding hydrogens is 440 g/mol. The van der Waals surface area contributed by atoms with Crippen LogP contribution in [0.15, 0.2) is 40.0 Å². The van der Waals surface area contributed by atoms with Crippen molar-refractivity contribution in [3.05, 3.63) is 57.4 Å². The fourth-order valence-corrected chi connectivity index (χ4v) is 6.56. The molecule has 1 saturated heterocycles. The maximum absolute atomic E-state index is 13.3. The Hall–Kier alpha value is -2.91. The maximum Gasteiger partial charge on any atom is 0.262 e. The Morgan fingerprint density at radius 1 is 1.18 bits per heavy atom. The van der Waals surface area contributed by atoms with Crippen LogP contribution < -0.4 is 15.8 Å². The molecule has 1 fully saturated rings. The lowest BCUT2D eigenvalue weighted by Crippen LogP contribution is -2.40. The molecule has 1 atom stereocenters. The highest BCUT2D eigenvalue weighted by Gasteiger charge is 2.30. The molecule has 0 bridgehead atoms. The minimum Gasteiger partial charge on any atom is -0.378 e. The summed E-state index contributed by atoms with van der Waals surface area (Å²) in [7, 11) is -1.55. The van der Waals surface area contributed by atoms with Crippen molar-refractivity contribution in [2.24, 2.45) is 7.05 Å². The van der Waals surface area contributed by atoms with E-state index in [-0.39, 0.29) is 17.4 Å². The van der Waals surface area contributed by atoms with Gasteiger partial charge in [0.15, 0.2) is 9.84 Å². The molecule has 0 spiro atoms. The molecule has 174 valence electrons. The lowest BCUT2D eigenvalue weighted by molar-refractivity contribution is 0.121. The van der Waals surface area contributed by atoms with E-state index in [9.17, 15) is 13.2 Å². The summed E-state index contributed by atoms with van der Waals surface area (Å²) < 4.78 is 32.4. The van der Waals surface area contributed by atoms with Crippen LogP contribution in [0.2, 0.25) is 0 Å². The summed E-state index contributed by atoms with van der Waals surface area (Å²) in [4.78, 5) is 20.7. The Morgan fingerprint density at radius 3 is 2.70 bits per heavy atom. The van der Waals surface area contributed by atoms with Crippen molar-refractivity contribution in [1.29, 1.82) is 0 Å². The van der Waals surface area contributed by atoms with Gasteiger partial charge in [-0.3, -0.25) is 9.36 Å². The smallest absolute Gasteiger partial charge is 0.262 e. The maximum atomic E-state index is 13.3. The lowest BCUT2D eigenvalue weighted by atomic mass is 10.0. The van der Waals surface area contributed by atoms with E-state index in [0.29, 0.717) is 60.2 Å². The number of aromatic nitrogens is 2. The highest BCUT2D eigenvalue weighted by atomic mass is 32.2. The molecule has 33 heavy (non-hydrogen) atoms. The Morgan fingerprint density at radius 2 is 1.94 bits per heavy atom. The van der Waals surface area contributed by atoms with Crippen LogP contribution >= 0.6 is 0 Å². The molecule has 0 saturated carbocycles. The van der Waals surface area contributed by atoms with Crippen LogP contribution in [0.3, 0.4) is 0 Å². The molecule has 1 aromatic heterocycles. The van der Waals surface area contributed by atoms with Gasteiger partial charge in [0.25, 0.3) is 5.56 Å². The highest BCUT2D eigenvalue weighted by molar-refractivity contribution is 7.91. The summed E-state index contributed by atoms with van der Waals surface area (Å²) in [6.45, 7) is 6.47. The van der Waals surface area contributed by atoms with E-state index in [0.717, 1.165) is 16.7 Å². The van der Waals surface area contributed by atoms with Crippen molar-refractivity contribution in [2.45, 2.75) is 31.2 Å². The third-order valence-electron chi connectivity index (χ3n) is 6.51. The largest absolute Gasteiger partial charge is 0.378 e. The first-order chi connectivity index (χ1) is 15.8. The molecule has 5 rings (SSSR count). The monoisotopic (exact) mass is 468 g/mol. The van der Waals surface area contributed by atoms with E-state index in [1.54, 1.807) is 11.6 Å². The molecule has 3 aromatic rings. The van der Waals surface area contributed by atoms with Gasteiger partial charge in [-0.15, -0.1) is 0 Å².